The molecule has 0 atom stereocenters. The molecule has 3 amide bonds. The largest absolute Gasteiger partial charge is 0.444 e. The maximum atomic E-state index is 12.3. The lowest BCUT2D eigenvalue weighted by molar-refractivity contribution is -0.116. The fraction of sp³-hybridized carbons (Fsp3) is 0.286. The first-order valence-corrected chi connectivity index (χ1v) is 9.40. The minimum absolute atomic E-state index is 0.142. The average Bonchev–Trinajstić information content (AvgIpc) is 2.60. The molecular weight excluding hydrogens is 394 g/mol. The van der Waals surface area contributed by atoms with Crippen LogP contribution in [0.1, 0.15) is 26.3 Å². The van der Waals surface area contributed by atoms with Gasteiger partial charge in [-0.15, -0.1) is 0 Å². The van der Waals surface area contributed by atoms with E-state index in [9.17, 15) is 14.4 Å². The molecule has 0 saturated heterocycles. The van der Waals surface area contributed by atoms with E-state index < -0.39 is 17.6 Å². The van der Waals surface area contributed by atoms with Gasteiger partial charge in [-0.1, -0.05) is 35.9 Å². The fourth-order valence-electron chi connectivity index (χ4n) is 2.39. The number of carbonyl (C=O) groups is 3. The average molecular weight is 418 g/mol. The van der Waals surface area contributed by atoms with Crippen LogP contribution in [0.15, 0.2) is 48.5 Å². The van der Waals surface area contributed by atoms with Crippen LogP contribution in [0.4, 0.5) is 16.2 Å². The van der Waals surface area contributed by atoms with Gasteiger partial charge in [0.15, 0.2) is 0 Å². The van der Waals surface area contributed by atoms with Gasteiger partial charge in [0, 0.05) is 5.02 Å². The first kappa shape index (κ1) is 22.2. The quantitative estimate of drug-likeness (QED) is 0.662. The van der Waals surface area contributed by atoms with Gasteiger partial charge in [-0.05, 0) is 50.6 Å². The molecular formula is C21H24ClN3O4. The lowest BCUT2D eigenvalue weighted by atomic mass is 10.1. The highest BCUT2D eigenvalue weighted by atomic mass is 35.5. The van der Waals surface area contributed by atoms with Crippen molar-refractivity contribution in [2.24, 2.45) is 0 Å². The van der Waals surface area contributed by atoms with Crippen LogP contribution in [0, 0.1) is 0 Å². The van der Waals surface area contributed by atoms with Crippen molar-refractivity contribution in [3.8, 4) is 0 Å². The Morgan fingerprint density at radius 1 is 0.931 bits per heavy atom. The zero-order valence-electron chi connectivity index (χ0n) is 16.5. The fourth-order valence-corrected chi connectivity index (χ4v) is 2.60. The Morgan fingerprint density at radius 2 is 1.55 bits per heavy atom. The molecule has 0 aliphatic carbocycles. The summed E-state index contributed by atoms with van der Waals surface area (Å²) in [7, 11) is 0. The highest BCUT2D eigenvalue weighted by Crippen LogP contribution is 2.21. The first-order chi connectivity index (χ1) is 13.6. The predicted octanol–water partition coefficient (Wildman–Crippen LogP) is 3.98. The molecule has 154 valence electrons. The number of ether oxygens (including phenoxy) is 1. The van der Waals surface area contributed by atoms with E-state index in [0.717, 1.165) is 5.56 Å². The molecule has 0 bridgehead atoms. The summed E-state index contributed by atoms with van der Waals surface area (Å²) in [4.78, 5) is 36.1. The van der Waals surface area contributed by atoms with Gasteiger partial charge in [-0.3, -0.25) is 9.59 Å². The van der Waals surface area contributed by atoms with Crippen molar-refractivity contribution < 1.29 is 19.1 Å². The number of para-hydroxylation sites is 2. The minimum atomic E-state index is -0.684. The van der Waals surface area contributed by atoms with Gasteiger partial charge in [0.1, 0.15) is 12.1 Å². The molecule has 3 N–H and O–H groups in total. The first-order valence-electron chi connectivity index (χ1n) is 9.02. The normalized spacial score (nSPS) is 10.8. The zero-order valence-corrected chi connectivity index (χ0v) is 17.3. The Bertz CT molecular complexity index is 893. The van der Waals surface area contributed by atoms with Crippen molar-refractivity contribution in [3.05, 3.63) is 59.1 Å². The number of halogens is 1. The second-order valence-corrected chi connectivity index (χ2v) is 7.74. The number of carbonyl (C=O) groups excluding carboxylic acids is 3. The van der Waals surface area contributed by atoms with Crippen LogP contribution in [0.5, 0.6) is 0 Å². The molecule has 0 saturated carbocycles. The number of amides is 3. The van der Waals surface area contributed by atoms with E-state index in [2.05, 4.69) is 16.0 Å². The van der Waals surface area contributed by atoms with E-state index >= 15 is 0 Å². The number of rotatable bonds is 6. The van der Waals surface area contributed by atoms with Crippen LogP contribution in [-0.2, 0) is 20.7 Å². The van der Waals surface area contributed by atoms with Gasteiger partial charge in [0.25, 0.3) is 0 Å². The lowest BCUT2D eigenvalue weighted by Crippen LogP contribution is -2.37. The van der Waals surface area contributed by atoms with Crippen LogP contribution in [-0.4, -0.2) is 30.1 Å². The number of anilines is 2. The predicted molar refractivity (Wildman–Crippen MR) is 113 cm³/mol. The number of alkyl carbamates (subject to hydrolysis) is 1. The molecule has 29 heavy (non-hydrogen) atoms. The molecule has 0 spiro atoms. The molecule has 0 heterocycles. The van der Waals surface area contributed by atoms with Crippen molar-refractivity contribution in [3.63, 3.8) is 0 Å². The molecule has 2 rings (SSSR count). The van der Waals surface area contributed by atoms with Crippen LogP contribution >= 0.6 is 11.6 Å². The van der Waals surface area contributed by atoms with E-state index in [1.54, 1.807) is 63.2 Å². The summed E-state index contributed by atoms with van der Waals surface area (Å²) in [5.41, 5.74) is 0.992. The van der Waals surface area contributed by atoms with Gasteiger partial charge in [0.2, 0.25) is 11.8 Å². The van der Waals surface area contributed by atoms with Crippen molar-refractivity contribution in [1.29, 1.82) is 0 Å². The standard InChI is InChI=1S/C21H24ClN3O4/c1-21(2,3)29-20(28)23-13-19(27)25-17-10-5-4-9-16(17)24-18(26)12-14-7-6-8-15(22)11-14/h4-11H,12-13H2,1-3H3,(H,23,28)(H,24,26)(H,25,27). The topological polar surface area (TPSA) is 96.5 Å². The Hall–Kier alpha value is -3.06. The summed E-state index contributed by atoms with van der Waals surface area (Å²) < 4.78 is 5.08. The molecule has 7 nitrogen and oxygen atoms in total. The van der Waals surface area contributed by atoms with E-state index in [0.29, 0.717) is 16.4 Å². The number of benzene rings is 2. The molecule has 0 unspecified atom stereocenters. The molecule has 0 radical (unpaired) electrons. The van der Waals surface area contributed by atoms with Crippen LogP contribution < -0.4 is 16.0 Å². The monoisotopic (exact) mass is 417 g/mol. The van der Waals surface area contributed by atoms with Crippen molar-refractivity contribution >= 4 is 40.9 Å². The van der Waals surface area contributed by atoms with Gasteiger partial charge in [-0.2, -0.15) is 0 Å². The summed E-state index contributed by atoms with van der Waals surface area (Å²) in [6.07, 6.45) is -0.543. The van der Waals surface area contributed by atoms with E-state index in [1.807, 2.05) is 6.07 Å². The Kier molecular flexibility index (Phi) is 7.61. The Balaban J connectivity index is 1.93. The van der Waals surface area contributed by atoms with Crippen molar-refractivity contribution in [1.82, 2.24) is 5.32 Å². The third-order valence-electron chi connectivity index (χ3n) is 3.52. The summed E-state index contributed by atoms with van der Waals surface area (Å²) in [5, 5.41) is 8.37. The van der Waals surface area contributed by atoms with Crippen LogP contribution in [0.25, 0.3) is 0 Å². The third-order valence-corrected chi connectivity index (χ3v) is 3.76. The maximum absolute atomic E-state index is 12.3. The summed E-state index contributed by atoms with van der Waals surface area (Å²) in [6, 6.07) is 13.8. The SMILES string of the molecule is CC(C)(C)OC(=O)NCC(=O)Nc1ccccc1NC(=O)Cc1cccc(Cl)c1. The van der Waals surface area contributed by atoms with Crippen molar-refractivity contribution in [2.45, 2.75) is 32.8 Å². The number of hydrogen-bond donors (Lipinski definition) is 3. The van der Waals surface area contributed by atoms with Gasteiger partial charge < -0.3 is 20.7 Å². The van der Waals surface area contributed by atoms with Crippen LogP contribution in [0.2, 0.25) is 5.02 Å². The highest BCUT2D eigenvalue weighted by Gasteiger charge is 2.17. The van der Waals surface area contributed by atoms with E-state index in [-0.39, 0.29) is 18.9 Å². The Morgan fingerprint density at radius 3 is 2.14 bits per heavy atom. The molecule has 0 aromatic heterocycles. The number of hydrogen-bond acceptors (Lipinski definition) is 4. The molecule has 8 heteroatoms. The highest BCUT2D eigenvalue weighted by molar-refractivity contribution is 6.30. The minimum Gasteiger partial charge on any atom is -0.444 e. The van der Waals surface area contributed by atoms with Gasteiger partial charge >= 0.3 is 6.09 Å². The smallest absolute Gasteiger partial charge is 0.408 e. The third kappa shape index (κ3) is 8.23. The molecule has 0 aliphatic rings. The van der Waals surface area contributed by atoms with Crippen LogP contribution in [0.3, 0.4) is 0 Å². The van der Waals surface area contributed by atoms with Gasteiger partial charge in [0.05, 0.1) is 17.8 Å². The molecule has 0 aliphatic heterocycles. The lowest BCUT2D eigenvalue weighted by Gasteiger charge is -2.19. The second-order valence-electron chi connectivity index (χ2n) is 7.30. The summed E-state index contributed by atoms with van der Waals surface area (Å²) in [5.74, 6) is -0.701. The molecule has 0 fully saturated rings. The number of nitrogens with one attached hydrogen (secondary N) is 3. The molecule has 2 aromatic carbocycles. The van der Waals surface area contributed by atoms with Crippen molar-refractivity contribution in [2.75, 3.05) is 17.2 Å². The van der Waals surface area contributed by atoms with Gasteiger partial charge in [-0.25, -0.2) is 4.79 Å². The molecule has 2 aromatic rings. The zero-order chi connectivity index (χ0) is 21.4. The second kappa shape index (κ2) is 9.93. The Labute approximate surface area is 174 Å². The summed E-state index contributed by atoms with van der Waals surface area (Å²) >= 11 is 5.94. The van der Waals surface area contributed by atoms with E-state index in [4.69, 9.17) is 16.3 Å². The maximum Gasteiger partial charge on any atom is 0.408 e. The van der Waals surface area contributed by atoms with E-state index in [1.165, 1.54) is 0 Å². The summed E-state index contributed by atoms with van der Waals surface area (Å²) in [6.45, 7) is 4.93.